The van der Waals surface area contributed by atoms with Crippen molar-refractivity contribution in [1.82, 2.24) is 5.32 Å². The molecule has 3 N–H and O–H groups in total. The maximum Gasteiger partial charge on any atom is 0.188 e. The summed E-state index contributed by atoms with van der Waals surface area (Å²) in [5, 5.41) is 3.16. The maximum absolute atomic E-state index is 5.88. The monoisotopic (exact) mass is 261 g/mol. The normalized spacial score (nSPS) is 13.6. The van der Waals surface area contributed by atoms with Crippen LogP contribution in [0.1, 0.15) is 45.1 Å². The van der Waals surface area contributed by atoms with Gasteiger partial charge in [-0.25, -0.2) is 0 Å². The molecule has 106 valence electrons. The lowest BCUT2D eigenvalue weighted by molar-refractivity contribution is 0.506. The molecule has 19 heavy (non-hydrogen) atoms. The van der Waals surface area contributed by atoms with Crippen LogP contribution in [-0.2, 0) is 0 Å². The second-order valence-electron chi connectivity index (χ2n) is 5.27. The van der Waals surface area contributed by atoms with Crippen LogP contribution in [-0.4, -0.2) is 19.0 Å². The molecular weight excluding hydrogens is 234 g/mol. The molecule has 0 aliphatic heterocycles. The second-order valence-corrected chi connectivity index (χ2v) is 5.27. The van der Waals surface area contributed by atoms with Crippen LogP contribution >= 0.6 is 0 Å². The van der Waals surface area contributed by atoms with Crippen LogP contribution in [0.15, 0.2) is 35.3 Å². The lowest BCUT2D eigenvalue weighted by atomic mass is 9.88. The fraction of sp³-hybridized carbons (Fsp3) is 0.562. The van der Waals surface area contributed by atoms with E-state index in [4.69, 9.17) is 5.73 Å². The Morgan fingerprint density at radius 2 is 1.95 bits per heavy atom. The fourth-order valence-corrected chi connectivity index (χ4v) is 2.05. The SMILES string of the molecule is CCCCNC(N)=NCC(c1ccccc1)C(C)C. The van der Waals surface area contributed by atoms with E-state index in [1.807, 2.05) is 6.07 Å². The standard InChI is InChI=1S/C16H27N3/c1-4-5-11-18-16(17)19-12-15(13(2)3)14-9-7-6-8-10-14/h6-10,13,15H,4-5,11-12H2,1-3H3,(H3,17,18,19). The minimum atomic E-state index is 0.424. The van der Waals surface area contributed by atoms with E-state index in [0.29, 0.717) is 17.8 Å². The van der Waals surface area contributed by atoms with Gasteiger partial charge in [-0.2, -0.15) is 0 Å². The third kappa shape index (κ3) is 5.77. The molecule has 3 nitrogen and oxygen atoms in total. The van der Waals surface area contributed by atoms with Crippen molar-refractivity contribution in [3.8, 4) is 0 Å². The third-order valence-electron chi connectivity index (χ3n) is 3.33. The first kappa shape index (κ1) is 15.5. The lowest BCUT2D eigenvalue weighted by Gasteiger charge is -2.19. The molecule has 0 bridgehead atoms. The van der Waals surface area contributed by atoms with Crippen molar-refractivity contribution in [3.05, 3.63) is 35.9 Å². The van der Waals surface area contributed by atoms with Crippen LogP contribution < -0.4 is 11.1 Å². The van der Waals surface area contributed by atoms with Crippen LogP contribution in [0, 0.1) is 5.92 Å². The minimum Gasteiger partial charge on any atom is -0.370 e. The quantitative estimate of drug-likeness (QED) is 0.450. The van der Waals surface area contributed by atoms with Crippen molar-refractivity contribution in [2.24, 2.45) is 16.6 Å². The number of rotatable bonds is 7. The molecule has 0 amide bonds. The van der Waals surface area contributed by atoms with E-state index in [1.165, 1.54) is 12.0 Å². The number of aliphatic imine (C=N–C) groups is 1. The summed E-state index contributed by atoms with van der Waals surface area (Å²) in [7, 11) is 0. The molecule has 1 aromatic carbocycles. The Bertz CT molecular complexity index is 371. The number of nitrogens with zero attached hydrogens (tertiary/aromatic N) is 1. The van der Waals surface area contributed by atoms with Gasteiger partial charge in [0.1, 0.15) is 0 Å². The molecule has 0 aromatic heterocycles. The van der Waals surface area contributed by atoms with E-state index in [0.717, 1.165) is 19.5 Å². The molecule has 3 heteroatoms. The first-order chi connectivity index (χ1) is 9.15. The average Bonchev–Trinajstić information content (AvgIpc) is 2.40. The number of unbranched alkanes of at least 4 members (excludes halogenated alkanes) is 1. The van der Waals surface area contributed by atoms with Gasteiger partial charge in [0.2, 0.25) is 0 Å². The Morgan fingerprint density at radius 1 is 1.26 bits per heavy atom. The van der Waals surface area contributed by atoms with E-state index >= 15 is 0 Å². The third-order valence-corrected chi connectivity index (χ3v) is 3.33. The zero-order valence-corrected chi connectivity index (χ0v) is 12.4. The van der Waals surface area contributed by atoms with Gasteiger partial charge < -0.3 is 11.1 Å². The van der Waals surface area contributed by atoms with E-state index in [2.05, 4.69) is 55.3 Å². The van der Waals surface area contributed by atoms with E-state index in [1.54, 1.807) is 0 Å². The zero-order chi connectivity index (χ0) is 14.1. The summed E-state index contributed by atoms with van der Waals surface area (Å²) in [5.74, 6) is 1.54. The Kier molecular flexibility index (Phi) is 7.01. The molecule has 0 saturated carbocycles. The smallest absolute Gasteiger partial charge is 0.188 e. The van der Waals surface area contributed by atoms with Crippen LogP contribution in [0.2, 0.25) is 0 Å². The van der Waals surface area contributed by atoms with Crippen molar-refractivity contribution in [3.63, 3.8) is 0 Å². The van der Waals surface area contributed by atoms with Crippen molar-refractivity contribution < 1.29 is 0 Å². The molecule has 1 atom stereocenters. The van der Waals surface area contributed by atoms with Gasteiger partial charge in [-0.1, -0.05) is 57.5 Å². The molecule has 1 aromatic rings. The van der Waals surface area contributed by atoms with Crippen LogP contribution in [0.5, 0.6) is 0 Å². The number of guanidine groups is 1. The topological polar surface area (TPSA) is 50.4 Å². The summed E-state index contributed by atoms with van der Waals surface area (Å²) < 4.78 is 0. The van der Waals surface area contributed by atoms with Gasteiger partial charge >= 0.3 is 0 Å². The summed E-state index contributed by atoms with van der Waals surface area (Å²) in [5.41, 5.74) is 7.22. The first-order valence-corrected chi connectivity index (χ1v) is 7.23. The molecule has 1 unspecified atom stereocenters. The number of nitrogens with two attached hydrogens (primary N) is 1. The molecule has 0 spiro atoms. The predicted octanol–water partition coefficient (Wildman–Crippen LogP) is 3.13. The maximum atomic E-state index is 5.88. The summed E-state index contributed by atoms with van der Waals surface area (Å²) in [6, 6.07) is 10.5. The Hall–Kier alpha value is -1.51. The van der Waals surface area contributed by atoms with Crippen LogP contribution in [0.3, 0.4) is 0 Å². The number of hydrogen-bond donors (Lipinski definition) is 2. The second kappa shape index (κ2) is 8.57. The number of nitrogens with one attached hydrogen (secondary N) is 1. The first-order valence-electron chi connectivity index (χ1n) is 7.23. The highest BCUT2D eigenvalue weighted by Crippen LogP contribution is 2.24. The Balaban J connectivity index is 2.57. The molecule has 0 aliphatic rings. The predicted molar refractivity (Wildman–Crippen MR) is 83.4 cm³/mol. The highest BCUT2D eigenvalue weighted by molar-refractivity contribution is 5.77. The number of benzene rings is 1. The minimum absolute atomic E-state index is 0.424. The molecular formula is C16H27N3. The largest absolute Gasteiger partial charge is 0.370 e. The van der Waals surface area contributed by atoms with Crippen molar-refractivity contribution >= 4 is 5.96 Å². The molecule has 0 saturated heterocycles. The fourth-order valence-electron chi connectivity index (χ4n) is 2.05. The van der Waals surface area contributed by atoms with Crippen molar-refractivity contribution in [2.75, 3.05) is 13.1 Å². The Morgan fingerprint density at radius 3 is 2.53 bits per heavy atom. The van der Waals surface area contributed by atoms with E-state index < -0.39 is 0 Å². The zero-order valence-electron chi connectivity index (χ0n) is 12.4. The number of hydrogen-bond acceptors (Lipinski definition) is 1. The lowest BCUT2D eigenvalue weighted by Crippen LogP contribution is -2.33. The van der Waals surface area contributed by atoms with Gasteiger partial charge in [0.25, 0.3) is 0 Å². The molecule has 0 heterocycles. The van der Waals surface area contributed by atoms with Crippen molar-refractivity contribution in [1.29, 1.82) is 0 Å². The van der Waals surface area contributed by atoms with Gasteiger partial charge in [0, 0.05) is 19.0 Å². The summed E-state index contributed by atoms with van der Waals surface area (Å²) in [4.78, 5) is 4.48. The van der Waals surface area contributed by atoms with Gasteiger partial charge in [-0.15, -0.1) is 0 Å². The van der Waals surface area contributed by atoms with Crippen LogP contribution in [0.4, 0.5) is 0 Å². The van der Waals surface area contributed by atoms with Crippen molar-refractivity contribution in [2.45, 2.75) is 39.5 Å². The average molecular weight is 261 g/mol. The summed E-state index contributed by atoms with van der Waals surface area (Å²) in [6.07, 6.45) is 2.29. The van der Waals surface area contributed by atoms with E-state index in [9.17, 15) is 0 Å². The van der Waals surface area contributed by atoms with Gasteiger partial charge in [0.15, 0.2) is 5.96 Å². The van der Waals surface area contributed by atoms with E-state index in [-0.39, 0.29) is 0 Å². The van der Waals surface area contributed by atoms with Gasteiger partial charge in [0.05, 0.1) is 0 Å². The molecule has 0 aliphatic carbocycles. The molecule has 0 fully saturated rings. The summed E-state index contributed by atoms with van der Waals surface area (Å²) >= 11 is 0. The highest BCUT2D eigenvalue weighted by atomic mass is 15.1. The molecule has 1 rings (SSSR count). The van der Waals surface area contributed by atoms with Crippen LogP contribution in [0.25, 0.3) is 0 Å². The van der Waals surface area contributed by atoms with Gasteiger partial charge in [-0.3, -0.25) is 4.99 Å². The van der Waals surface area contributed by atoms with Gasteiger partial charge in [-0.05, 0) is 17.9 Å². The summed E-state index contributed by atoms with van der Waals surface area (Å²) in [6.45, 7) is 8.27. The Labute approximate surface area is 117 Å². The highest BCUT2D eigenvalue weighted by Gasteiger charge is 2.14. The molecule has 0 radical (unpaired) electrons.